The van der Waals surface area contributed by atoms with Gasteiger partial charge in [0, 0.05) is 24.0 Å². The lowest BCUT2D eigenvalue weighted by molar-refractivity contribution is -0.305. The summed E-state index contributed by atoms with van der Waals surface area (Å²) in [5, 5.41) is 11.1. The predicted octanol–water partition coefficient (Wildman–Crippen LogP) is 1.68. The van der Waals surface area contributed by atoms with Crippen LogP contribution in [0.5, 0.6) is 0 Å². The molecule has 1 aliphatic heterocycles. The Hall–Kier alpha value is -1.37. The van der Waals surface area contributed by atoms with Gasteiger partial charge in [-0.25, -0.2) is 0 Å². The molecule has 0 spiro atoms. The summed E-state index contributed by atoms with van der Waals surface area (Å²) in [7, 11) is 0. The van der Waals surface area contributed by atoms with Crippen LogP contribution >= 0.6 is 35.6 Å². The van der Waals surface area contributed by atoms with Crippen molar-refractivity contribution < 1.29 is 14.7 Å². The molecule has 2 rings (SSSR count). The number of carboxylic acids is 1. The second kappa shape index (κ2) is 6.39. The second-order valence-corrected chi connectivity index (χ2v) is 6.12. The monoisotopic (exact) mass is 326 g/mol. The van der Waals surface area contributed by atoms with Gasteiger partial charge in [-0.15, -0.1) is 0 Å². The molecule has 0 saturated carbocycles. The maximum absolute atomic E-state index is 12.1. The molecule has 1 fully saturated rings. The number of halogens is 1. The molecule has 1 amide bonds. The molecule has 1 aliphatic rings. The van der Waals surface area contributed by atoms with Crippen LogP contribution in [0.15, 0.2) is 29.2 Å². The summed E-state index contributed by atoms with van der Waals surface area (Å²) in [5.74, 6) is -1.49. The van der Waals surface area contributed by atoms with Gasteiger partial charge >= 0.3 is 0 Å². The summed E-state index contributed by atoms with van der Waals surface area (Å²) in [6, 6.07) is 7.03. The fourth-order valence-electron chi connectivity index (χ4n) is 1.61. The topological polar surface area (TPSA) is 60.4 Å². The third-order valence-corrected chi connectivity index (χ3v) is 4.21. The maximum Gasteiger partial charge on any atom is 0.266 e. The minimum absolute atomic E-state index is 0.0327. The van der Waals surface area contributed by atoms with Crippen molar-refractivity contribution in [2.24, 2.45) is 0 Å². The zero-order valence-corrected chi connectivity index (χ0v) is 12.6. The largest absolute Gasteiger partial charge is 0.550 e. The first-order valence-electron chi connectivity index (χ1n) is 5.68. The number of thioether (sulfide) groups is 1. The quantitative estimate of drug-likeness (QED) is 0.622. The van der Waals surface area contributed by atoms with E-state index < -0.39 is 5.97 Å². The summed E-state index contributed by atoms with van der Waals surface area (Å²) in [6.45, 7) is 0.0327. The predicted molar refractivity (Wildman–Crippen MR) is 81.0 cm³/mol. The van der Waals surface area contributed by atoms with Crippen LogP contribution in [0, 0.1) is 0 Å². The molecular formula is C13H9ClNO3S2-. The minimum Gasteiger partial charge on any atom is -0.550 e. The van der Waals surface area contributed by atoms with Gasteiger partial charge in [-0.05, 0) is 23.8 Å². The Labute approximate surface area is 130 Å². The third-order valence-electron chi connectivity index (χ3n) is 2.58. The van der Waals surface area contributed by atoms with Gasteiger partial charge in [-0.1, -0.05) is 47.7 Å². The lowest BCUT2D eigenvalue weighted by atomic mass is 10.2. The second-order valence-electron chi connectivity index (χ2n) is 4.01. The average molecular weight is 327 g/mol. The highest BCUT2D eigenvalue weighted by Crippen LogP contribution is 2.32. The summed E-state index contributed by atoms with van der Waals surface area (Å²) in [5.41, 5.74) is 0.829. The van der Waals surface area contributed by atoms with E-state index in [1.165, 1.54) is 4.90 Å². The lowest BCUT2D eigenvalue weighted by Gasteiger charge is -2.14. The van der Waals surface area contributed by atoms with Crippen LogP contribution in [0.3, 0.4) is 0 Å². The Morgan fingerprint density at radius 1 is 1.40 bits per heavy atom. The van der Waals surface area contributed by atoms with E-state index in [1.54, 1.807) is 30.3 Å². The number of aliphatic carboxylic acids is 1. The van der Waals surface area contributed by atoms with Gasteiger partial charge in [0.2, 0.25) is 0 Å². The highest BCUT2D eigenvalue weighted by molar-refractivity contribution is 8.26. The number of amides is 1. The Bertz CT molecular complexity index is 598. The first-order valence-corrected chi connectivity index (χ1v) is 7.28. The van der Waals surface area contributed by atoms with Crippen molar-refractivity contribution in [2.75, 3.05) is 6.54 Å². The van der Waals surface area contributed by atoms with Crippen LogP contribution in [0.2, 0.25) is 5.02 Å². The van der Waals surface area contributed by atoms with Crippen molar-refractivity contribution in [3.63, 3.8) is 0 Å². The number of hydrogen-bond acceptors (Lipinski definition) is 5. The van der Waals surface area contributed by atoms with Gasteiger partial charge < -0.3 is 9.90 Å². The Balaban J connectivity index is 2.14. The summed E-state index contributed by atoms with van der Waals surface area (Å²) < 4.78 is 0.358. The van der Waals surface area contributed by atoms with Crippen LogP contribution in [0.4, 0.5) is 0 Å². The molecule has 0 bridgehead atoms. The Morgan fingerprint density at radius 2 is 2.05 bits per heavy atom. The van der Waals surface area contributed by atoms with Crippen molar-refractivity contribution in [2.45, 2.75) is 6.42 Å². The number of nitrogens with zero attached hydrogens (tertiary/aromatic N) is 1. The van der Waals surface area contributed by atoms with Crippen molar-refractivity contribution in [3.8, 4) is 0 Å². The van der Waals surface area contributed by atoms with Crippen LogP contribution in [0.1, 0.15) is 12.0 Å². The Morgan fingerprint density at radius 3 is 2.65 bits per heavy atom. The lowest BCUT2D eigenvalue weighted by Crippen LogP contribution is -2.33. The molecule has 1 aromatic rings. The van der Waals surface area contributed by atoms with E-state index in [1.807, 2.05) is 0 Å². The molecule has 0 aromatic heterocycles. The van der Waals surface area contributed by atoms with Crippen LogP contribution in [-0.4, -0.2) is 27.6 Å². The number of hydrogen-bond donors (Lipinski definition) is 0. The van der Waals surface area contributed by atoms with Gasteiger partial charge in [0.1, 0.15) is 4.32 Å². The van der Waals surface area contributed by atoms with E-state index in [4.69, 9.17) is 23.8 Å². The normalized spacial score (nSPS) is 17.1. The van der Waals surface area contributed by atoms with E-state index in [0.717, 1.165) is 17.3 Å². The average Bonchev–Trinajstić information content (AvgIpc) is 2.65. The molecule has 1 saturated heterocycles. The first kappa shape index (κ1) is 15.0. The van der Waals surface area contributed by atoms with Crippen molar-refractivity contribution >= 4 is 57.9 Å². The molecule has 1 heterocycles. The van der Waals surface area contributed by atoms with Gasteiger partial charge in [-0.2, -0.15) is 0 Å². The molecule has 1 aromatic carbocycles. The summed E-state index contributed by atoms with van der Waals surface area (Å²) >= 11 is 12.0. The first-order chi connectivity index (χ1) is 9.47. The highest BCUT2D eigenvalue weighted by Gasteiger charge is 2.31. The molecular weight excluding hydrogens is 318 g/mol. The number of carboxylic acid groups (broad SMARTS) is 1. The molecule has 4 nitrogen and oxygen atoms in total. The van der Waals surface area contributed by atoms with Crippen molar-refractivity contribution in [3.05, 3.63) is 39.8 Å². The maximum atomic E-state index is 12.1. The van der Waals surface area contributed by atoms with Crippen LogP contribution < -0.4 is 5.11 Å². The number of rotatable bonds is 4. The van der Waals surface area contributed by atoms with E-state index in [9.17, 15) is 14.7 Å². The van der Waals surface area contributed by atoms with E-state index in [-0.39, 0.29) is 18.9 Å². The molecule has 0 atom stereocenters. The summed E-state index contributed by atoms with van der Waals surface area (Å²) in [6.07, 6.45) is 1.47. The van der Waals surface area contributed by atoms with Gasteiger partial charge in [0.25, 0.3) is 5.91 Å². The van der Waals surface area contributed by atoms with Gasteiger partial charge in [-0.3, -0.25) is 9.69 Å². The standard InChI is InChI=1S/C13H10ClNO3S2/c14-9-3-1-8(2-4-9)7-10-12(18)15(13(19)20-10)6-5-11(16)17/h1-4,7H,5-6H2,(H,16,17)/p-1. The van der Waals surface area contributed by atoms with E-state index in [2.05, 4.69) is 0 Å². The molecule has 104 valence electrons. The molecule has 0 radical (unpaired) electrons. The number of benzene rings is 1. The Kier molecular flexibility index (Phi) is 4.80. The molecule has 0 aliphatic carbocycles. The van der Waals surface area contributed by atoms with Crippen LogP contribution in [0.25, 0.3) is 6.08 Å². The van der Waals surface area contributed by atoms with E-state index >= 15 is 0 Å². The number of carbonyl (C=O) groups excluding carboxylic acids is 2. The van der Waals surface area contributed by atoms with Crippen molar-refractivity contribution in [1.29, 1.82) is 0 Å². The fraction of sp³-hybridized carbons (Fsp3) is 0.154. The fourth-order valence-corrected chi connectivity index (χ4v) is 3.04. The summed E-state index contributed by atoms with van der Waals surface area (Å²) in [4.78, 5) is 24.3. The van der Waals surface area contributed by atoms with E-state index in [0.29, 0.717) is 14.2 Å². The molecule has 0 N–H and O–H groups in total. The minimum atomic E-state index is -1.21. The number of carbonyl (C=O) groups is 2. The highest BCUT2D eigenvalue weighted by atomic mass is 35.5. The number of thiocarbonyl (C=S) groups is 1. The zero-order valence-electron chi connectivity index (χ0n) is 10.2. The molecule has 20 heavy (non-hydrogen) atoms. The third kappa shape index (κ3) is 3.59. The van der Waals surface area contributed by atoms with Crippen molar-refractivity contribution in [1.82, 2.24) is 4.90 Å². The molecule has 7 heteroatoms. The van der Waals surface area contributed by atoms with Gasteiger partial charge in [0.05, 0.1) is 4.91 Å². The van der Waals surface area contributed by atoms with Gasteiger partial charge in [0.15, 0.2) is 0 Å². The van der Waals surface area contributed by atoms with Crippen LogP contribution in [-0.2, 0) is 9.59 Å². The smallest absolute Gasteiger partial charge is 0.266 e. The SMILES string of the molecule is O=C([O-])CCN1C(=O)C(=Cc2ccc(Cl)cc2)SC1=S. The molecule has 0 unspecified atom stereocenters. The zero-order chi connectivity index (χ0) is 14.7.